The number of nitrogens with zero attached hydrogens (tertiary/aromatic N) is 2. The summed E-state index contributed by atoms with van der Waals surface area (Å²) in [4.78, 5) is 6.33. The number of pyridine rings is 1. The number of piperazine rings is 1. The third-order valence-electron chi connectivity index (χ3n) is 3.23. The molecule has 0 spiro atoms. The van der Waals surface area contributed by atoms with Crippen molar-refractivity contribution in [1.29, 1.82) is 0 Å². The SMILES string of the molecule is Fc1c(Cl)cnc2c1OCC[C@@H]1CNCCN21. The maximum absolute atomic E-state index is 13.9. The first-order valence-corrected chi connectivity index (χ1v) is 6.09. The van der Waals surface area contributed by atoms with Crippen molar-refractivity contribution in [3.05, 3.63) is 17.0 Å². The zero-order valence-corrected chi connectivity index (χ0v) is 10.0. The number of fused-ring (bicyclic) bond motifs is 3. The fourth-order valence-electron chi connectivity index (χ4n) is 2.37. The summed E-state index contributed by atoms with van der Waals surface area (Å²) < 4.78 is 19.3. The first-order valence-electron chi connectivity index (χ1n) is 5.71. The van der Waals surface area contributed by atoms with Gasteiger partial charge in [0.2, 0.25) is 0 Å². The number of rotatable bonds is 0. The Labute approximate surface area is 104 Å². The standard InChI is InChI=1S/C11H13ClFN3O/c12-8-6-15-11-10(9(8)13)17-4-1-7-5-14-2-3-16(7)11/h6-7,14H,1-5H2/t7-/m1/s1. The zero-order chi connectivity index (χ0) is 11.8. The van der Waals surface area contributed by atoms with E-state index in [1.165, 1.54) is 6.20 Å². The highest BCUT2D eigenvalue weighted by molar-refractivity contribution is 6.30. The van der Waals surface area contributed by atoms with E-state index in [4.69, 9.17) is 16.3 Å². The van der Waals surface area contributed by atoms with Crippen molar-refractivity contribution in [1.82, 2.24) is 10.3 Å². The highest BCUT2D eigenvalue weighted by atomic mass is 35.5. The molecule has 0 bridgehead atoms. The summed E-state index contributed by atoms with van der Waals surface area (Å²) in [6.07, 6.45) is 2.21. The Morgan fingerprint density at radius 3 is 3.35 bits per heavy atom. The summed E-state index contributed by atoms with van der Waals surface area (Å²) in [7, 11) is 0. The van der Waals surface area contributed by atoms with Crippen molar-refractivity contribution >= 4 is 17.4 Å². The number of ether oxygens (including phenoxy) is 1. The van der Waals surface area contributed by atoms with Gasteiger partial charge in [-0.2, -0.15) is 0 Å². The van der Waals surface area contributed by atoms with E-state index < -0.39 is 5.82 Å². The third-order valence-corrected chi connectivity index (χ3v) is 3.50. The number of hydrogen-bond acceptors (Lipinski definition) is 4. The molecule has 3 heterocycles. The number of anilines is 1. The Bertz CT molecular complexity index is 443. The van der Waals surface area contributed by atoms with Gasteiger partial charge in [0.1, 0.15) is 0 Å². The molecule has 1 N–H and O–H groups in total. The summed E-state index contributed by atoms with van der Waals surface area (Å²) in [5.41, 5.74) is 0. The Balaban J connectivity index is 2.06. The van der Waals surface area contributed by atoms with Crippen LogP contribution in [0.2, 0.25) is 5.02 Å². The van der Waals surface area contributed by atoms with Crippen molar-refractivity contribution in [3.8, 4) is 5.75 Å². The fourth-order valence-corrected chi connectivity index (χ4v) is 2.50. The van der Waals surface area contributed by atoms with Gasteiger partial charge in [0.15, 0.2) is 17.4 Å². The van der Waals surface area contributed by atoms with Gasteiger partial charge in [-0.3, -0.25) is 0 Å². The zero-order valence-electron chi connectivity index (χ0n) is 9.25. The second kappa shape index (κ2) is 4.31. The highest BCUT2D eigenvalue weighted by Gasteiger charge is 2.30. The molecule has 2 aliphatic rings. The largest absolute Gasteiger partial charge is 0.487 e. The average Bonchev–Trinajstić information content (AvgIpc) is 2.54. The molecular weight excluding hydrogens is 245 g/mol. The van der Waals surface area contributed by atoms with Gasteiger partial charge in [-0.15, -0.1) is 0 Å². The van der Waals surface area contributed by atoms with Crippen molar-refractivity contribution in [2.45, 2.75) is 12.5 Å². The van der Waals surface area contributed by atoms with E-state index in [1.807, 2.05) is 0 Å². The van der Waals surface area contributed by atoms with Crippen LogP contribution in [0.4, 0.5) is 10.2 Å². The predicted octanol–water partition coefficient (Wildman–Crippen LogP) is 1.43. The number of hydrogen-bond donors (Lipinski definition) is 1. The van der Waals surface area contributed by atoms with Gasteiger partial charge >= 0.3 is 0 Å². The summed E-state index contributed by atoms with van der Waals surface area (Å²) in [5.74, 6) is 0.272. The van der Waals surface area contributed by atoms with E-state index in [0.717, 1.165) is 26.1 Å². The normalized spacial score (nSPS) is 23.4. The van der Waals surface area contributed by atoms with Gasteiger partial charge in [-0.1, -0.05) is 11.6 Å². The lowest BCUT2D eigenvalue weighted by molar-refractivity contribution is 0.291. The molecule has 1 saturated heterocycles. The van der Waals surface area contributed by atoms with E-state index in [9.17, 15) is 4.39 Å². The van der Waals surface area contributed by atoms with Crippen molar-refractivity contribution in [2.75, 3.05) is 31.1 Å². The van der Waals surface area contributed by atoms with E-state index in [0.29, 0.717) is 18.5 Å². The Morgan fingerprint density at radius 1 is 1.59 bits per heavy atom. The van der Waals surface area contributed by atoms with Gasteiger partial charge in [0.25, 0.3) is 0 Å². The fraction of sp³-hybridized carbons (Fsp3) is 0.545. The molecule has 0 aromatic carbocycles. The molecule has 3 rings (SSSR count). The second-order valence-electron chi connectivity index (χ2n) is 4.26. The number of nitrogens with one attached hydrogen (secondary N) is 1. The van der Waals surface area contributed by atoms with E-state index in [1.54, 1.807) is 0 Å². The van der Waals surface area contributed by atoms with E-state index in [-0.39, 0.29) is 10.8 Å². The van der Waals surface area contributed by atoms with Crippen LogP contribution < -0.4 is 15.0 Å². The molecule has 1 fully saturated rings. The van der Waals surface area contributed by atoms with Crippen molar-refractivity contribution in [2.24, 2.45) is 0 Å². The molecule has 6 heteroatoms. The summed E-state index contributed by atoms with van der Waals surface area (Å²) in [6, 6.07) is 0.318. The molecule has 0 aliphatic carbocycles. The van der Waals surface area contributed by atoms with Crippen LogP contribution in [0, 0.1) is 5.82 Å². The lowest BCUT2D eigenvalue weighted by atomic mass is 10.1. The monoisotopic (exact) mass is 257 g/mol. The van der Waals surface area contributed by atoms with Gasteiger partial charge in [-0.25, -0.2) is 9.37 Å². The molecule has 0 radical (unpaired) electrons. The van der Waals surface area contributed by atoms with Gasteiger partial charge < -0.3 is 15.0 Å². The Morgan fingerprint density at radius 2 is 2.47 bits per heavy atom. The molecule has 4 nitrogen and oxygen atoms in total. The van der Waals surface area contributed by atoms with Crippen molar-refractivity contribution < 1.29 is 9.13 Å². The Hall–Kier alpha value is -1.07. The van der Waals surface area contributed by atoms with Crippen LogP contribution in [-0.2, 0) is 0 Å². The lowest BCUT2D eigenvalue weighted by Gasteiger charge is -2.35. The quantitative estimate of drug-likeness (QED) is 0.763. The first kappa shape index (κ1) is 11.0. The average molecular weight is 258 g/mol. The van der Waals surface area contributed by atoms with Crippen LogP contribution in [0.1, 0.15) is 6.42 Å². The van der Waals surface area contributed by atoms with Crippen LogP contribution in [-0.4, -0.2) is 37.3 Å². The molecular formula is C11H13ClFN3O. The molecule has 1 aromatic heterocycles. The van der Waals surface area contributed by atoms with Crippen molar-refractivity contribution in [3.63, 3.8) is 0 Å². The highest BCUT2D eigenvalue weighted by Crippen LogP contribution is 2.36. The predicted molar refractivity (Wildman–Crippen MR) is 63.3 cm³/mol. The van der Waals surface area contributed by atoms with Gasteiger partial charge in [-0.05, 0) is 0 Å². The first-order chi connectivity index (χ1) is 8.27. The smallest absolute Gasteiger partial charge is 0.199 e. The summed E-state index contributed by atoms with van der Waals surface area (Å²) >= 11 is 5.73. The minimum atomic E-state index is -0.504. The van der Waals surface area contributed by atoms with Crippen LogP contribution in [0.15, 0.2) is 6.20 Å². The Kier molecular flexibility index (Phi) is 2.80. The maximum atomic E-state index is 13.9. The van der Waals surface area contributed by atoms with Crippen LogP contribution in [0.5, 0.6) is 5.75 Å². The molecule has 2 aliphatic heterocycles. The van der Waals surface area contributed by atoms with Gasteiger partial charge in [0, 0.05) is 32.1 Å². The van der Waals surface area contributed by atoms with Crippen LogP contribution >= 0.6 is 11.6 Å². The summed E-state index contributed by atoms with van der Waals surface area (Å²) in [6.45, 7) is 3.07. The molecule has 0 amide bonds. The topological polar surface area (TPSA) is 37.4 Å². The number of halogens is 2. The molecule has 0 saturated carbocycles. The van der Waals surface area contributed by atoms with E-state index in [2.05, 4.69) is 15.2 Å². The van der Waals surface area contributed by atoms with E-state index >= 15 is 0 Å². The maximum Gasteiger partial charge on any atom is 0.199 e. The molecule has 0 unspecified atom stereocenters. The third kappa shape index (κ3) is 1.83. The lowest BCUT2D eigenvalue weighted by Crippen LogP contribution is -2.51. The molecule has 17 heavy (non-hydrogen) atoms. The van der Waals surface area contributed by atoms with Gasteiger partial charge in [0.05, 0.1) is 17.8 Å². The van der Waals surface area contributed by atoms with Crippen LogP contribution in [0.3, 0.4) is 0 Å². The molecule has 1 atom stereocenters. The molecule has 1 aromatic rings. The minimum Gasteiger partial charge on any atom is -0.487 e. The second-order valence-corrected chi connectivity index (χ2v) is 4.67. The van der Waals surface area contributed by atoms with Crippen LogP contribution in [0.25, 0.3) is 0 Å². The number of aromatic nitrogens is 1. The minimum absolute atomic E-state index is 0.0114. The summed E-state index contributed by atoms with van der Waals surface area (Å²) in [5, 5.41) is 3.34. The molecule has 92 valence electrons.